The smallest absolute Gasteiger partial charge is 0.416 e. The summed E-state index contributed by atoms with van der Waals surface area (Å²) in [6.45, 7) is 3.10. The second-order valence-corrected chi connectivity index (χ2v) is 11.6. The van der Waals surface area contributed by atoms with Crippen LogP contribution in [-0.4, -0.2) is 31.3 Å². The molecule has 2 aromatic heterocycles. The van der Waals surface area contributed by atoms with Crippen LogP contribution >= 0.6 is 22.6 Å². The lowest BCUT2D eigenvalue weighted by molar-refractivity contribution is -0.138. The van der Waals surface area contributed by atoms with Gasteiger partial charge in [0.1, 0.15) is 11.1 Å². The van der Waals surface area contributed by atoms with Crippen LogP contribution in [0.5, 0.6) is 0 Å². The fraction of sp³-hybridized carbons (Fsp3) is 0.118. The molecule has 0 bridgehead atoms. The van der Waals surface area contributed by atoms with E-state index in [0.717, 1.165) is 33.4 Å². The number of carboxylic acid groups (broad SMARTS) is 2. The maximum absolute atomic E-state index is 13.1. The van der Waals surface area contributed by atoms with Gasteiger partial charge in [0.05, 0.1) is 11.1 Å². The molecule has 0 aliphatic heterocycles. The fourth-order valence-electron chi connectivity index (χ4n) is 4.86. The van der Waals surface area contributed by atoms with Gasteiger partial charge in [-0.25, -0.2) is 9.59 Å². The van der Waals surface area contributed by atoms with Gasteiger partial charge in [0, 0.05) is 31.9 Å². The summed E-state index contributed by atoms with van der Waals surface area (Å²) in [7, 11) is 0. The van der Waals surface area contributed by atoms with Crippen molar-refractivity contribution in [2.45, 2.75) is 26.2 Å². The molecule has 0 aliphatic rings. The average Bonchev–Trinajstić information content (AvgIpc) is 3.03. The van der Waals surface area contributed by atoms with Crippen LogP contribution in [0.4, 0.5) is 26.3 Å². The van der Waals surface area contributed by atoms with Gasteiger partial charge in [0.25, 0.3) is 11.1 Å². The zero-order chi connectivity index (χ0) is 36.4. The second kappa shape index (κ2) is 14.1. The normalized spacial score (nSPS) is 11.4. The van der Waals surface area contributed by atoms with Gasteiger partial charge < -0.3 is 10.2 Å². The minimum Gasteiger partial charge on any atom is -0.477 e. The molecule has 2 heterocycles. The van der Waals surface area contributed by atoms with Gasteiger partial charge in [-0.2, -0.15) is 26.3 Å². The third kappa shape index (κ3) is 7.93. The van der Waals surface area contributed by atoms with Crippen LogP contribution in [0.3, 0.4) is 0 Å². The van der Waals surface area contributed by atoms with E-state index in [0.29, 0.717) is 26.1 Å². The Morgan fingerprint density at radius 1 is 0.612 bits per heavy atom. The zero-order valence-corrected chi connectivity index (χ0v) is 27.4. The Hall–Kier alpha value is -5.19. The predicted octanol–water partition coefficient (Wildman–Crippen LogP) is 8.00. The summed E-state index contributed by atoms with van der Waals surface area (Å²) in [6, 6.07) is 19.6. The van der Waals surface area contributed by atoms with E-state index in [4.69, 9.17) is 5.11 Å². The van der Waals surface area contributed by atoms with Gasteiger partial charge in [0.15, 0.2) is 0 Å². The summed E-state index contributed by atoms with van der Waals surface area (Å²) < 4.78 is 80.0. The van der Waals surface area contributed by atoms with Crippen molar-refractivity contribution in [1.82, 2.24) is 9.13 Å². The van der Waals surface area contributed by atoms with E-state index in [-0.39, 0.29) is 11.4 Å². The molecule has 3 aromatic carbocycles. The molecule has 0 spiro atoms. The van der Waals surface area contributed by atoms with Crippen molar-refractivity contribution in [3.05, 3.63) is 149 Å². The number of alkyl halides is 6. The maximum atomic E-state index is 13.1. The molecular formula is C34H23F6IN2O6. The molecule has 0 unspecified atom stereocenters. The van der Waals surface area contributed by atoms with E-state index in [9.17, 15) is 50.6 Å². The number of carbonyl (C=O) groups is 2. The van der Waals surface area contributed by atoms with Crippen LogP contribution in [0.1, 0.15) is 43.2 Å². The highest BCUT2D eigenvalue weighted by molar-refractivity contribution is 14.1. The first kappa shape index (κ1) is 36.6. The highest BCUT2D eigenvalue weighted by atomic mass is 127. The quantitative estimate of drug-likeness (QED) is 0.138. The molecule has 49 heavy (non-hydrogen) atoms. The Morgan fingerprint density at radius 3 is 1.47 bits per heavy atom. The van der Waals surface area contributed by atoms with Crippen molar-refractivity contribution < 1.29 is 46.1 Å². The van der Waals surface area contributed by atoms with Crippen LogP contribution in [0, 0.1) is 17.4 Å². The van der Waals surface area contributed by atoms with Gasteiger partial charge in [0.2, 0.25) is 0 Å². The van der Waals surface area contributed by atoms with Crippen molar-refractivity contribution in [1.29, 1.82) is 0 Å². The Morgan fingerprint density at radius 2 is 1.04 bits per heavy atom. The van der Waals surface area contributed by atoms with Crippen LogP contribution in [-0.2, 0) is 12.4 Å². The monoisotopic (exact) mass is 796 g/mol. The number of benzene rings is 3. The zero-order valence-electron chi connectivity index (χ0n) is 25.2. The van der Waals surface area contributed by atoms with Crippen molar-refractivity contribution in [2.24, 2.45) is 0 Å². The summed E-state index contributed by atoms with van der Waals surface area (Å²) in [6.07, 6.45) is -9.13. The Bertz CT molecular complexity index is 2190. The van der Waals surface area contributed by atoms with E-state index >= 15 is 0 Å². The third-order valence-corrected chi connectivity index (χ3v) is 8.33. The van der Waals surface area contributed by atoms with Gasteiger partial charge in [-0.15, -0.1) is 0 Å². The number of pyridine rings is 2. The van der Waals surface area contributed by atoms with E-state index in [2.05, 4.69) is 0 Å². The highest BCUT2D eigenvalue weighted by Gasteiger charge is 2.32. The standard InChI is InChI=1S/C20H14F3NO3.C14H9F3INO3/c1-12-16(13-6-3-2-4-7-13)11-17(19(26)27)18(25)24(12)15-9-5-8-14(10-15)20(21,22)23;1-7-11(18)6-10(13(21)22)12(20)19(7)9-4-2-3-8(5-9)14(15,16)17/h2-11H,1H3,(H,26,27);2-6H,1H3,(H,21,22). The minimum absolute atomic E-state index is 0.0293. The molecule has 0 atom stereocenters. The number of aromatic carboxylic acids is 2. The minimum atomic E-state index is -4.58. The lowest BCUT2D eigenvalue weighted by Crippen LogP contribution is -2.28. The number of carboxylic acids is 2. The lowest BCUT2D eigenvalue weighted by Gasteiger charge is -2.17. The molecule has 0 saturated heterocycles. The van der Waals surface area contributed by atoms with E-state index in [1.54, 1.807) is 37.3 Å². The van der Waals surface area contributed by atoms with Gasteiger partial charge in [-0.3, -0.25) is 18.7 Å². The number of nitrogens with zero attached hydrogens (tertiary/aromatic N) is 2. The van der Waals surface area contributed by atoms with Crippen molar-refractivity contribution in [3.63, 3.8) is 0 Å². The van der Waals surface area contributed by atoms with E-state index < -0.39 is 57.7 Å². The third-order valence-electron chi connectivity index (χ3n) is 7.24. The van der Waals surface area contributed by atoms with Crippen LogP contribution < -0.4 is 11.1 Å². The number of rotatable bonds is 5. The Balaban J connectivity index is 0.000000226. The van der Waals surface area contributed by atoms with Gasteiger partial charge >= 0.3 is 24.3 Å². The van der Waals surface area contributed by atoms with Crippen LogP contribution in [0.15, 0.2) is 101 Å². The van der Waals surface area contributed by atoms with E-state index in [1.807, 2.05) is 22.6 Å². The maximum Gasteiger partial charge on any atom is 0.416 e. The van der Waals surface area contributed by atoms with Crippen LogP contribution in [0.25, 0.3) is 22.5 Å². The molecule has 0 aliphatic carbocycles. The van der Waals surface area contributed by atoms with Gasteiger partial charge in [-0.05, 0) is 90.5 Å². The Kier molecular flexibility index (Phi) is 10.6. The first-order valence-corrected chi connectivity index (χ1v) is 15.0. The molecule has 0 radical (unpaired) electrons. The molecule has 0 fully saturated rings. The summed E-state index contributed by atoms with van der Waals surface area (Å²) in [4.78, 5) is 47.6. The first-order chi connectivity index (χ1) is 22.8. The first-order valence-electron chi connectivity index (χ1n) is 13.9. The summed E-state index contributed by atoms with van der Waals surface area (Å²) in [5.74, 6) is -2.87. The fourth-order valence-corrected chi connectivity index (χ4v) is 5.41. The van der Waals surface area contributed by atoms with Crippen molar-refractivity contribution >= 4 is 34.5 Å². The molecule has 8 nitrogen and oxygen atoms in total. The summed E-state index contributed by atoms with van der Waals surface area (Å²) in [5.41, 5.74) is -2.87. The molecule has 254 valence electrons. The molecular weight excluding hydrogens is 773 g/mol. The topological polar surface area (TPSA) is 119 Å². The molecule has 5 rings (SSSR count). The molecule has 5 aromatic rings. The summed E-state index contributed by atoms with van der Waals surface area (Å²) >= 11 is 1.83. The van der Waals surface area contributed by atoms with Gasteiger partial charge in [-0.1, -0.05) is 42.5 Å². The summed E-state index contributed by atoms with van der Waals surface area (Å²) in [5, 5.41) is 18.4. The molecule has 0 amide bonds. The number of hydrogen-bond acceptors (Lipinski definition) is 4. The lowest BCUT2D eigenvalue weighted by atomic mass is 10.0. The van der Waals surface area contributed by atoms with Crippen LogP contribution in [0.2, 0.25) is 0 Å². The molecule has 0 saturated carbocycles. The number of halogens is 7. The molecule has 15 heteroatoms. The predicted molar refractivity (Wildman–Crippen MR) is 176 cm³/mol. The SMILES string of the molecule is Cc1c(-c2ccccc2)cc(C(=O)O)c(=O)n1-c1cccc(C(F)(F)F)c1.Cc1c(I)cc(C(=O)O)c(=O)n1-c1cccc(C(F)(F)F)c1. The number of aromatic nitrogens is 2. The second-order valence-electron chi connectivity index (χ2n) is 10.4. The average molecular weight is 796 g/mol. The highest BCUT2D eigenvalue weighted by Crippen LogP contribution is 2.32. The number of hydrogen-bond donors (Lipinski definition) is 2. The van der Waals surface area contributed by atoms with Crippen molar-refractivity contribution in [2.75, 3.05) is 0 Å². The van der Waals surface area contributed by atoms with E-state index in [1.165, 1.54) is 43.3 Å². The molecule has 2 N–H and O–H groups in total. The van der Waals surface area contributed by atoms with Crippen molar-refractivity contribution in [3.8, 4) is 22.5 Å². The Labute approximate surface area is 286 Å². The largest absolute Gasteiger partial charge is 0.477 e.